The van der Waals surface area contributed by atoms with E-state index in [-0.39, 0.29) is 11.5 Å². The van der Waals surface area contributed by atoms with Crippen LogP contribution in [0.3, 0.4) is 0 Å². The van der Waals surface area contributed by atoms with Crippen LogP contribution in [-0.2, 0) is 20.2 Å². The van der Waals surface area contributed by atoms with E-state index in [2.05, 4.69) is 0 Å². The minimum atomic E-state index is -3.69. The summed E-state index contributed by atoms with van der Waals surface area (Å²) in [5, 5.41) is 0. The molecule has 0 aromatic rings. The molecular weight excluding hydrogens is 244 g/mol. The van der Waals surface area contributed by atoms with Gasteiger partial charge in [-0.3, -0.25) is 9.11 Å². The zero-order valence-electron chi connectivity index (χ0n) is 8.88. The topological polar surface area (TPSA) is 109 Å². The zero-order valence-corrected chi connectivity index (χ0v) is 10.5. The van der Waals surface area contributed by atoms with Gasteiger partial charge in [-0.05, 0) is 12.8 Å². The summed E-state index contributed by atoms with van der Waals surface area (Å²) < 4.78 is 55.6. The molecule has 0 unspecified atom stereocenters. The van der Waals surface area contributed by atoms with Gasteiger partial charge in [-0.25, -0.2) is 0 Å². The van der Waals surface area contributed by atoms with Crippen LogP contribution in [0.5, 0.6) is 0 Å². The third kappa shape index (κ3) is 24.8. The van der Waals surface area contributed by atoms with Gasteiger partial charge < -0.3 is 0 Å². The van der Waals surface area contributed by atoms with Crippen LogP contribution < -0.4 is 0 Å². The zero-order chi connectivity index (χ0) is 12.5. The van der Waals surface area contributed by atoms with Crippen LogP contribution in [-0.4, -0.2) is 37.4 Å². The Hall–Kier alpha value is -0.180. The second-order valence-electron chi connectivity index (χ2n) is 2.93. The smallest absolute Gasteiger partial charge is 0.264 e. The lowest BCUT2D eigenvalue weighted by Gasteiger charge is -1.90. The molecule has 15 heavy (non-hydrogen) atoms. The van der Waals surface area contributed by atoms with E-state index in [0.29, 0.717) is 12.8 Å². The Morgan fingerprint density at radius 3 is 1.27 bits per heavy atom. The van der Waals surface area contributed by atoms with Crippen LogP contribution in [0, 0.1) is 0 Å². The van der Waals surface area contributed by atoms with E-state index in [4.69, 9.17) is 9.11 Å². The van der Waals surface area contributed by atoms with Crippen molar-refractivity contribution < 1.29 is 25.9 Å². The first-order chi connectivity index (χ1) is 6.62. The van der Waals surface area contributed by atoms with Gasteiger partial charge in [-0.15, -0.1) is 0 Å². The van der Waals surface area contributed by atoms with Gasteiger partial charge in [-0.1, -0.05) is 20.3 Å². The molecule has 94 valence electrons. The molecule has 0 saturated carbocycles. The average Bonchev–Trinajstić information content (AvgIpc) is 1.98. The number of unbranched alkanes of at least 4 members (excludes halogenated alkanes) is 1. The summed E-state index contributed by atoms with van der Waals surface area (Å²) in [5.41, 5.74) is 0. The maximum Gasteiger partial charge on any atom is 0.264 e. The van der Waals surface area contributed by atoms with Crippen LogP contribution in [0.4, 0.5) is 0 Å². The van der Waals surface area contributed by atoms with Crippen molar-refractivity contribution in [3.05, 3.63) is 0 Å². The fraction of sp³-hybridized carbons (Fsp3) is 1.00. The highest BCUT2D eigenvalue weighted by Crippen LogP contribution is 1.90. The Labute approximate surface area is 91.2 Å². The maximum atomic E-state index is 9.95. The number of rotatable bonds is 5. The quantitative estimate of drug-likeness (QED) is 0.714. The maximum absolute atomic E-state index is 9.95. The molecule has 0 aliphatic carbocycles. The largest absolute Gasteiger partial charge is 0.286 e. The summed E-state index contributed by atoms with van der Waals surface area (Å²) in [4.78, 5) is 0. The molecular formula is C7H18O6S2. The van der Waals surface area contributed by atoms with E-state index in [9.17, 15) is 16.8 Å². The third-order valence-corrected chi connectivity index (χ3v) is 2.95. The van der Waals surface area contributed by atoms with E-state index >= 15 is 0 Å². The Morgan fingerprint density at radius 2 is 1.20 bits per heavy atom. The van der Waals surface area contributed by atoms with Crippen LogP contribution in [0.1, 0.15) is 33.1 Å². The summed E-state index contributed by atoms with van der Waals surface area (Å²) in [6.45, 7) is 3.55. The SMILES string of the molecule is CCCCS(=O)(=O)O.CCCS(=O)(=O)O. The van der Waals surface area contributed by atoms with Crippen molar-refractivity contribution in [3.8, 4) is 0 Å². The monoisotopic (exact) mass is 262 g/mol. The molecule has 0 radical (unpaired) electrons. The lowest BCUT2D eigenvalue weighted by molar-refractivity contribution is 0.479. The summed E-state index contributed by atoms with van der Waals surface area (Å²) in [6.07, 6.45) is 1.80. The van der Waals surface area contributed by atoms with Gasteiger partial charge in [0.25, 0.3) is 20.2 Å². The second-order valence-corrected chi connectivity index (χ2v) is 6.07. The Bertz CT molecular complexity index is 328. The normalized spacial score (nSPS) is 11.7. The Kier molecular flexibility index (Phi) is 9.22. The van der Waals surface area contributed by atoms with Crippen molar-refractivity contribution in [2.75, 3.05) is 11.5 Å². The second kappa shape index (κ2) is 8.03. The highest BCUT2D eigenvalue weighted by molar-refractivity contribution is 7.86. The predicted octanol–water partition coefficient (Wildman–Crippen LogP) is 0.959. The lowest BCUT2D eigenvalue weighted by Crippen LogP contribution is -2.02. The third-order valence-electron chi connectivity index (χ3n) is 1.22. The van der Waals surface area contributed by atoms with Crippen LogP contribution in [0.15, 0.2) is 0 Å². The van der Waals surface area contributed by atoms with Crippen LogP contribution in [0.2, 0.25) is 0 Å². The molecule has 0 fully saturated rings. The first-order valence-electron chi connectivity index (χ1n) is 4.52. The molecule has 0 spiro atoms. The number of hydrogen-bond donors (Lipinski definition) is 2. The molecule has 0 saturated heterocycles. The molecule has 0 aromatic heterocycles. The predicted molar refractivity (Wildman–Crippen MR) is 58.0 cm³/mol. The van der Waals surface area contributed by atoms with Gasteiger partial charge in [0, 0.05) is 0 Å². The van der Waals surface area contributed by atoms with Gasteiger partial charge in [0.05, 0.1) is 11.5 Å². The fourth-order valence-corrected chi connectivity index (χ4v) is 1.75. The standard InChI is InChI=1S/C4H10O3S.C3H8O3S/c1-2-3-4-8(5,6)7;1-2-3-7(4,5)6/h2-4H2,1H3,(H,5,6,7);2-3H2,1H3,(H,4,5,6). The van der Waals surface area contributed by atoms with Crippen molar-refractivity contribution in [2.24, 2.45) is 0 Å². The molecule has 0 aliphatic heterocycles. The molecule has 6 nitrogen and oxygen atoms in total. The Morgan fingerprint density at radius 1 is 0.800 bits per heavy atom. The molecule has 0 aromatic carbocycles. The van der Waals surface area contributed by atoms with E-state index in [0.717, 1.165) is 6.42 Å². The minimum absolute atomic E-state index is 0.108. The van der Waals surface area contributed by atoms with Crippen molar-refractivity contribution in [2.45, 2.75) is 33.1 Å². The van der Waals surface area contributed by atoms with Gasteiger partial charge in [0.1, 0.15) is 0 Å². The molecule has 0 rings (SSSR count). The Balaban J connectivity index is 0. The van der Waals surface area contributed by atoms with Gasteiger partial charge in [-0.2, -0.15) is 16.8 Å². The van der Waals surface area contributed by atoms with E-state index < -0.39 is 20.2 Å². The van der Waals surface area contributed by atoms with Crippen LogP contribution in [0.25, 0.3) is 0 Å². The summed E-state index contributed by atoms with van der Waals surface area (Å²) in [5.74, 6) is -0.240. The van der Waals surface area contributed by atoms with Gasteiger partial charge in [0.15, 0.2) is 0 Å². The van der Waals surface area contributed by atoms with Gasteiger partial charge in [0.2, 0.25) is 0 Å². The molecule has 0 amide bonds. The lowest BCUT2D eigenvalue weighted by atomic mass is 10.4. The first-order valence-corrected chi connectivity index (χ1v) is 7.74. The average molecular weight is 262 g/mol. The summed E-state index contributed by atoms with van der Waals surface area (Å²) in [6, 6.07) is 0. The highest BCUT2D eigenvalue weighted by atomic mass is 32.2. The van der Waals surface area contributed by atoms with Crippen molar-refractivity contribution >= 4 is 20.2 Å². The number of hydrogen-bond acceptors (Lipinski definition) is 4. The van der Waals surface area contributed by atoms with Crippen molar-refractivity contribution in [1.82, 2.24) is 0 Å². The van der Waals surface area contributed by atoms with E-state index in [1.54, 1.807) is 6.92 Å². The fourth-order valence-electron chi connectivity index (χ4n) is 0.585. The molecule has 0 bridgehead atoms. The van der Waals surface area contributed by atoms with E-state index in [1.807, 2.05) is 6.92 Å². The molecule has 8 heteroatoms. The van der Waals surface area contributed by atoms with Crippen molar-refractivity contribution in [1.29, 1.82) is 0 Å². The molecule has 0 heterocycles. The van der Waals surface area contributed by atoms with Crippen molar-refractivity contribution in [3.63, 3.8) is 0 Å². The first kappa shape index (κ1) is 17.2. The van der Waals surface area contributed by atoms with E-state index in [1.165, 1.54) is 0 Å². The van der Waals surface area contributed by atoms with Crippen LogP contribution >= 0.6 is 0 Å². The molecule has 2 N–H and O–H groups in total. The summed E-state index contributed by atoms with van der Waals surface area (Å²) in [7, 11) is -7.36. The van der Waals surface area contributed by atoms with Gasteiger partial charge >= 0.3 is 0 Å². The summed E-state index contributed by atoms with van der Waals surface area (Å²) >= 11 is 0. The highest BCUT2D eigenvalue weighted by Gasteiger charge is 2.00. The molecule has 0 aliphatic rings. The molecule has 0 atom stereocenters. The minimum Gasteiger partial charge on any atom is -0.286 e.